The molecule has 0 N–H and O–H groups in total. The van der Waals surface area contributed by atoms with Crippen molar-refractivity contribution in [1.82, 2.24) is 0 Å². The third-order valence-corrected chi connectivity index (χ3v) is 3.32. The topological polar surface area (TPSA) is 9.23 Å². The van der Waals surface area contributed by atoms with E-state index in [0.717, 1.165) is 16.9 Å². The summed E-state index contributed by atoms with van der Waals surface area (Å²) in [4.78, 5) is 0. The molecule has 0 aliphatic rings. The van der Waals surface area contributed by atoms with Crippen molar-refractivity contribution in [1.29, 1.82) is 0 Å². The highest BCUT2D eigenvalue weighted by Crippen LogP contribution is 2.21. The van der Waals surface area contributed by atoms with Crippen LogP contribution in [-0.2, 0) is 5.41 Å². The van der Waals surface area contributed by atoms with Gasteiger partial charge in [-0.15, -0.1) is 0 Å². The maximum absolute atomic E-state index is 5.11. The molecule has 1 nitrogen and oxygen atoms in total. The summed E-state index contributed by atoms with van der Waals surface area (Å²) in [5.74, 6) is 12.7. The second kappa shape index (κ2) is 6.88. The molecule has 0 heterocycles. The normalized spacial score (nSPS) is 10.0. The van der Waals surface area contributed by atoms with Gasteiger partial charge in [-0.05, 0) is 59.2 Å². The van der Waals surface area contributed by atoms with Crippen molar-refractivity contribution < 1.29 is 4.74 Å². The van der Waals surface area contributed by atoms with E-state index in [9.17, 15) is 0 Å². The first-order valence-corrected chi connectivity index (χ1v) is 7.26. The average molecular weight is 288 g/mol. The number of rotatable bonds is 1. The van der Waals surface area contributed by atoms with Crippen molar-refractivity contribution in [2.75, 3.05) is 7.11 Å². The Bertz CT molecular complexity index is 737. The molecule has 0 amide bonds. The number of hydrogen-bond donors (Lipinski definition) is 0. The summed E-state index contributed by atoms with van der Waals surface area (Å²) in [6, 6.07) is 16.0. The summed E-state index contributed by atoms with van der Waals surface area (Å²) < 4.78 is 5.11. The van der Waals surface area contributed by atoms with E-state index in [-0.39, 0.29) is 5.41 Å². The van der Waals surface area contributed by atoms with Crippen LogP contribution >= 0.6 is 0 Å². The van der Waals surface area contributed by atoms with Crippen LogP contribution in [0.2, 0.25) is 0 Å². The second-order valence-corrected chi connectivity index (χ2v) is 6.06. The molecule has 0 saturated heterocycles. The van der Waals surface area contributed by atoms with Crippen LogP contribution in [0.1, 0.15) is 37.5 Å². The Hall–Kier alpha value is -2.64. The van der Waals surface area contributed by atoms with E-state index in [1.165, 1.54) is 5.56 Å². The van der Waals surface area contributed by atoms with Crippen molar-refractivity contribution in [2.45, 2.75) is 26.2 Å². The molecule has 2 aromatic rings. The molecule has 110 valence electrons. The molecule has 0 radical (unpaired) electrons. The average Bonchev–Trinajstić information content (AvgIpc) is 2.52. The Balaban J connectivity index is 2.06. The molecular formula is C21H20O. The first-order chi connectivity index (χ1) is 10.5. The van der Waals surface area contributed by atoms with Gasteiger partial charge in [-0.25, -0.2) is 0 Å². The maximum atomic E-state index is 5.11. The summed E-state index contributed by atoms with van der Waals surface area (Å²) in [5, 5.41) is 0. The van der Waals surface area contributed by atoms with Crippen LogP contribution in [0.15, 0.2) is 48.5 Å². The molecule has 0 fully saturated rings. The van der Waals surface area contributed by atoms with Gasteiger partial charge in [0, 0.05) is 11.1 Å². The number of methoxy groups -OCH3 is 1. The monoisotopic (exact) mass is 288 g/mol. The van der Waals surface area contributed by atoms with Gasteiger partial charge in [-0.3, -0.25) is 0 Å². The Kier molecular flexibility index (Phi) is 4.92. The lowest BCUT2D eigenvalue weighted by atomic mass is 9.87. The van der Waals surface area contributed by atoms with Crippen LogP contribution < -0.4 is 4.74 Å². The van der Waals surface area contributed by atoms with Crippen molar-refractivity contribution in [3.8, 4) is 29.4 Å². The quantitative estimate of drug-likeness (QED) is 0.707. The largest absolute Gasteiger partial charge is 0.497 e. The van der Waals surface area contributed by atoms with E-state index in [1.807, 2.05) is 36.4 Å². The Morgan fingerprint density at radius 3 is 1.59 bits per heavy atom. The molecular weight excluding hydrogens is 268 g/mol. The molecule has 0 aliphatic carbocycles. The van der Waals surface area contributed by atoms with E-state index in [1.54, 1.807) is 7.11 Å². The maximum Gasteiger partial charge on any atom is 0.118 e. The molecule has 0 spiro atoms. The Labute approximate surface area is 133 Å². The predicted octanol–water partition coefficient (Wildman–Crippen LogP) is 4.40. The Morgan fingerprint density at radius 1 is 0.727 bits per heavy atom. The lowest BCUT2D eigenvalue weighted by molar-refractivity contribution is 0.415. The van der Waals surface area contributed by atoms with E-state index < -0.39 is 0 Å². The predicted molar refractivity (Wildman–Crippen MR) is 91.9 cm³/mol. The molecule has 0 aromatic heterocycles. The lowest BCUT2D eigenvalue weighted by Crippen LogP contribution is -2.10. The number of ether oxygens (including phenoxy) is 1. The minimum Gasteiger partial charge on any atom is -0.497 e. The van der Waals surface area contributed by atoms with Gasteiger partial charge >= 0.3 is 0 Å². The molecule has 0 atom stereocenters. The molecule has 1 heteroatoms. The van der Waals surface area contributed by atoms with Crippen molar-refractivity contribution in [2.24, 2.45) is 0 Å². The molecule has 22 heavy (non-hydrogen) atoms. The summed E-state index contributed by atoms with van der Waals surface area (Å²) >= 11 is 0. The highest BCUT2D eigenvalue weighted by molar-refractivity contribution is 5.46. The molecule has 0 saturated carbocycles. The molecule has 0 unspecified atom stereocenters. The molecule has 0 aliphatic heterocycles. The van der Waals surface area contributed by atoms with Crippen molar-refractivity contribution >= 4 is 0 Å². The van der Waals surface area contributed by atoms with Crippen molar-refractivity contribution in [3.63, 3.8) is 0 Å². The molecule has 2 rings (SSSR count). The van der Waals surface area contributed by atoms with E-state index in [4.69, 9.17) is 4.74 Å². The fraction of sp³-hybridized carbons (Fsp3) is 0.238. The highest BCUT2D eigenvalue weighted by atomic mass is 16.5. The van der Waals surface area contributed by atoms with Crippen LogP contribution in [0.5, 0.6) is 5.75 Å². The summed E-state index contributed by atoms with van der Waals surface area (Å²) in [7, 11) is 1.65. The van der Waals surface area contributed by atoms with E-state index in [0.29, 0.717) is 0 Å². The first kappa shape index (κ1) is 15.7. The van der Waals surface area contributed by atoms with Crippen LogP contribution in [-0.4, -0.2) is 7.11 Å². The van der Waals surface area contributed by atoms with Crippen LogP contribution in [0, 0.1) is 23.7 Å². The van der Waals surface area contributed by atoms with Gasteiger partial charge in [0.2, 0.25) is 0 Å². The van der Waals surface area contributed by atoms with Crippen LogP contribution in [0.3, 0.4) is 0 Å². The lowest BCUT2D eigenvalue weighted by Gasteiger charge is -2.18. The zero-order valence-corrected chi connectivity index (χ0v) is 13.5. The van der Waals surface area contributed by atoms with E-state index >= 15 is 0 Å². The third kappa shape index (κ3) is 4.44. The fourth-order valence-electron chi connectivity index (χ4n) is 1.93. The van der Waals surface area contributed by atoms with E-state index in [2.05, 4.69) is 56.6 Å². The van der Waals surface area contributed by atoms with Crippen LogP contribution in [0.4, 0.5) is 0 Å². The van der Waals surface area contributed by atoms with Crippen LogP contribution in [0.25, 0.3) is 0 Å². The van der Waals surface area contributed by atoms with Gasteiger partial charge in [0.25, 0.3) is 0 Å². The SMILES string of the molecule is COc1ccc(C#CC#Cc2ccc(C(C)(C)C)cc2)cc1. The molecule has 2 aromatic carbocycles. The smallest absolute Gasteiger partial charge is 0.118 e. The standard InChI is InChI=1S/C21H20O/c1-21(2,3)19-13-9-17(10-14-19)7-5-6-8-18-11-15-20(22-4)16-12-18/h9-16H,1-4H3. The summed E-state index contributed by atoms with van der Waals surface area (Å²) in [6.07, 6.45) is 0. The zero-order chi connectivity index (χ0) is 16.0. The minimum atomic E-state index is 0.167. The highest BCUT2D eigenvalue weighted by Gasteiger charge is 2.12. The van der Waals surface area contributed by atoms with Gasteiger partial charge in [0.05, 0.1) is 7.11 Å². The number of benzene rings is 2. The summed E-state index contributed by atoms with van der Waals surface area (Å²) in [5.41, 5.74) is 3.39. The number of hydrogen-bond acceptors (Lipinski definition) is 1. The van der Waals surface area contributed by atoms with Gasteiger partial charge in [-0.2, -0.15) is 0 Å². The van der Waals surface area contributed by atoms with Gasteiger partial charge < -0.3 is 4.74 Å². The fourth-order valence-corrected chi connectivity index (χ4v) is 1.93. The summed E-state index contributed by atoms with van der Waals surface area (Å²) in [6.45, 7) is 6.61. The zero-order valence-electron chi connectivity index (χ0n) is 13.5. The third-order valence-electron chi connectivity index (χ3n) is 3.32. The van der Waals surface area contributed by atoms with Crippen molar-refractivity contribution in [3.05, 3.63) is 65.2 Å². The Morgan fingerprint density at radius 2 is 1.18 bits per heavy atom. The van der Waals surface area contributed by atoms with Gasteiger partial charge in [0.15, 0.2) is 0 Å². The minimum absolute atomic E-state index is 0.167. The van der Waals surface area contributed by atoms with Gasteiger partial charge in [0.1, 0.15) is 5.75 Å². The molecule has 0 bridgehead atoms. The second-order valence-electron chi connectivity index (χ2n) is 6.06. The first-order valence-electron chi connectivity index (χ1n) is 7.26. The van der Waals surface area contributed by atoms with Gasteiger partial charge in [-0.1, -0.05) is 44.7 Å².